The quantitative estimate of drug-likeness (QED) is 0.749. The van der Waals surface area contributed by atoms with Crippen LogP contribution in [-0.2, 0) is 20.9 Å². The summed E-state index contributed by atoms with van der Waals surface area (Å²) in [5.74, 6) is -0.284. The number of fused-ring (bicyclic) bond motifs is 1. The molecule has 0 saturated heterocycles. The number of aromatic nitrogens is 1. The third-order valence-electron chi connectivity index (χ3n) is 5.22. The number of hydrogen-bond acceptors (Lipinski definition) is 3. The maximum Gasteiger partial charge on any atom is 0.249 e. The van der Waals surface area contributed by atoms with Crippen LogP contribution in [0.5, 0.6) is 0 Å². The molecule has 0 aliphatic carbocycles. The number of carbonyl (C=O) groups is 2. The van der Waals surface area contributed by atoms with Crippen LogP contribution in [0.15, 0.2) is 42.6 Å². The normalized spacial score (nSPS) is 16.4. The van der Waals surface area contributed by atoms with Gasteiger partial charge in [-0.3, -0.25) is 9.59 Å². The first kappa shape index (κ1) is 21.4. The second kappa shape index (κ2) is 8.59. The first-order chi connectivity index (χ1) is 13.7. The molecular formula is C22H28ClN3O3. The van der Waals surface area contributed by atoms with Gasteiger partial charge in [-0.25, -0.2) is 0 Å². The summed E-state index contributed by atoms with van der Waals surface area (Å²) in [6.45, 7) is 7.03. The van der Waals surface area contributed by atoms with Crippen molar-refractivity contribution in [2.45, 2.75) is 38.9 Å². The van der Waals surface area contributed by atoms with Gasteiger partial charge in [-0.2, -0.15) is 0 Å². The lowest BCUT2D eigenvalue weighted by atomic mass is 9.99. The number of benzene rings is 1. The van der Waals surface area contributed by atoms with Crippen molar-refractivity contribution >= 4 is 23.4 Å². The van der Waals surface area contributed by atoms with Crippen LogP contribution < -0.4 is 0 Å². The highest BCUT2D eigenvalue weighted by atomic mass is 35.5. The third-order valence-corrected chi connectivity index (χ3v) is 5.47. The molecule has 0 N–H and O–H groups in total. The van der Waals surface area contributed by atoms with Crippen molar-refractivity contribution in [3.63, 3.8) is 0 Å². The number of hydrogen-bond donors (Lipinski definition) is 0. The van der Waals surface area contributed by atoms with Crippen molar-refractivity contribution in [1.82, 2.24) is 14.4 Å². The summed E-state index contributed by atoms with van der Waals surface area (Å²) < 4.78 is 7.18. The van der Waals surface area contributed by atoms with Crippen LogP contribution in [0.3, 0.4) is 0 Å². The van der Waals surface area contributed by atoms with E-state index in [0.717, 1.165) is 17.8 Å². The van der Waals surface area contributed by atoms with E-state index in [2.05, 4.69) is 4.57 Å². The first-order valence-electron chi connectivity index (χ1n) is 9.71. The van der Waals surface area contributed by atoms with E-state index >= 15 is 0 Å². The summed E-state index contributed by atoms with van der Waals surface area (Å²) >= 11 is 6.07. The Bertz CT molecular complexity index is 870. The Morgan fingerprint density at radius 2 is 1.86 bits per heavy atom. The SMILES string of the molecule is COCC(=O)N(CC(=O)N1CCn2cccc2C1c1ccc(Cl)cc1)C(C)(C)C. The van der Waals surface area contributed by atoms with Gasteiger partial charge in [0.1, 0.15) is 13.2 Å². The number of amides is 2. The second-order valence-electron chi connectivity index (χ2n) is 8.25. The van der Waals surface area contributed by atoms with Crippen LogP contribution in [0.25, 0.3) is 0 Å². The molecule has 1 aliphatic heterocycles. The number of halogens is 1. The lowest BCUT2D eigenvalue weighted by molar-refractivity contribution is -0.148. The molecule has 1 aliphatic rings. The van der Waals surface area contributed by atoms with Crippen molar-refractivity contribution in [2.24, 2.45) is 0 Å². The van der Waals surface area contributed by atoms with E-state index < -0.39 is 5.54 Å². The molecule has 156 valence electrons. The standard InChI is InChI=1S/C22H28ClN3O3/c1-22(2,3)26(20(28)15-29-4)14-19(27)25-13-12-24-11-5-6-18(24)21(25)16-7-9-17(23)10-8-16/h5-11,21H,12-15H2,1-4H3. The molecule has 1 aromatic heterocycles. The van der Waals surface area contributed by atoms with E-state index in [-0.39, 0.29) is 31.0 Å². The lowest BCUT2D eigenvalue weighted by Crippen LogP contribution is -2.53. The molecule has 2 aromatic rings. The molecule has 1 atom stereocenters. The molecule has 2 heterocycles. The highest BCUT2D eigenvalue weighted by Crippen LogP contribution is 2.33. The largest absolute Gasteiger partial charge is 0.375 e. The molecule has 0 bridgehead atoms. The molecule has 1 unspecified atom stereocenters. The van der Waals surface area contributed by atoms with E-state index in [1.54, 1.807) is 4.90 Å². The van der Waals surface area contributed by atoms with E-state index in [1.165, 1.54) is 7.11 Å². The summed E-state index contributed by atoms with van der Waals surface area (Å²) in [5.41, 5.74) is 1.56. The van der Waals surface area contributed by atoms with Gasteiger partial charge in [0.2, 0.25) is 11.8 Å². The van der Waals surface area contributed by atoms with Crippen molar-refractivity contribution in [2.75, 3.05) is 26.8 Å². The van der Waals surface area contributed by atoms with Crippen LogP contribution in [0, 0.1) is 0 Å². The van der Waals surface area contributed by atoms with Gasteiger partial charge in [0, 0.05) is 42.7 Å². The van der Waals surface area contributed by atoms with Crippen LogP contribution >= 0.6 is 11.6 Å². The zero-order chi connectivity index (χ0) is 21.2. The predicted molar refractivity (Wildman–Crippen MR) is 113 cm³/mol. The topological polar surface area (TPSA) is 54.8 Å². The van der Waals surface area contributed by atoms with E-state index in [9.17, 15) is 9.59 Å². The van der Waals surface area contributed by atoms with Gasteiger partial charge in [0.15, 0.2) is 0 Å². The molecule has 0 spiro atoms. The molecule has 0 saturated carbocycles. The number of ether oxygens (including phenoxy) is 1. The van der Waals surface area contributed by atoms with E-state index in [1.807, 2.05) is 68.3 Å². The molecular weight excluding hydrogens is 390 g/mol. The maximum atomic E-state index is 13.4. The first-order valence-corrected chi connectivity index (χ1v) is 10.1. The molecule has 6 nitrogen and oxygen atoms in total. The highest BCUT2D eigenvalue weighted by Gasteiger charge is 2.35. The summed E-state index contributed by atoms with van der Waals surface area (Å²) in [7, 11) is 1.48. The Kier molecular flexibility index (Phi) is 6.34. The Balaban J connectivity index is 1.91. The van der Waals surface area contributed by atoms with Crippen molar-refractivity contribution in [3.8, 4) is 0 Å². The average molecular weight is 418 g/mol. The van der Waals surface area contributed by atoms with Gasteiger partial charge in [0.25, 0.3) is 0 Å². The Labute approximate surface area is 177 Å². The summed E-state index contributed by atoms with van der Waals surface area (Å²) in [5, 5.41) is 0.655. The minimum absolute atomic E-state index is 0.0104. The number of carbonyl (C=O) groups excluding carboxylic acids is 2. The van der Waals surface area contributed by atoms with Crippen LogP contribution in [0.1, 0.15) is 38.1 Å². The molecule has 0 fully saturated rings. The smallest absolute Gasteiger partial charge is 0.249 e. The lowest BCUT2D eigenvalue weighted by Gasteiger charge is -2.41. The minimum Gasteiger partial charge on any atom is -0.375 e. The summed E-state index contributed by atoms with van der Waals surface area (Å²) in [4.78, 5) is 29.4. The zero-order valence-corrected chi connectivity index (χ0v) is 18.1. The molecule has 2 amide bonds. The van der Waals surface area contributed by atoms with Crippen molar-refractivity contribution in [3.05, 3.63) is 58.9 Å². The van der Waals surface area contributed by atoms with Gasteiger partial charge in [0.05, 0.1) is 6.04 Å². The molecule has 1 aromatic carbocycles. The van der Waals surface area contributed by atoms with Crippen LogP contribution in [-0.4, -0.2) is 58.5 Å². The number of methoxy groups -OCH3 is 1. The molecule has 29 heavy (non-hydrogen) atoms. The van der Waals surface area contributed by atoms with Gasteiger partial charge >= 0.3 is 0 Å². The van der Waals surface area contributed by atoms with Gasteiger partial charge < -0.3 is 19.1 Å². The van der Waals surface area contributed by atoms with E-state index in [0.29, 0.717) is 11.6 Å². The van der Waals surface area contributed by atoms with Crippen molar-refractivity contribution in [1.29, 1.82) is 0 Å². The van der Waals surface area contributed by atoms with Gasteiger partial charge in [-0.1, -0.05) is 23.7 Å². The molecule has 0 radical (unpaired) electrons. The van der Waals surface area contributed by atoms with Crippen LogP contribution in [0.2, 0.25) is 5.02 Å². The minimum atomic E-state index is -0.489. The van der Waals surface area contributed by atoms with Crippen LogP contribution in [0.4, 0.5) is 0 Å². The summed E-state index contributed by atoms with van der Waals surface area (Å²) in [6.07, 6.45) is 2.03. The fourth-order valence-corrected chi connectivity index (χ4v) is 3.90. The molecule has 3 rings (SSSR count). The Morgan fingerprint density at radius 3 is 2.48 bits per heavy atom. The third kappa shape index (κ3) is 4.65. The van der Waals surface area contributed by atoms with Crippen molar-refractivity contribution < 1.29 is 14.3 Å². The maximum absolute atomic E-state index is 13.4. The highest BCUT2D eigenvalue weighted by molar-refractivity contribution is 6.30. The predicted octanol–water partition coefficient (Wildman–Crippen LogP) is 3.35. The number of rotatable bonds is 5. The zero-order valence-electron chi connectivity index (χ0n) is 17.4. The second-order valence-corrected chi connectivity index (χ2v) is 8.69. The van der Waals surface area contributed by atoms with Gasteiger partial charge in [-0.05, 0) is 50.6 Å². The fourth-order valence-electron chi connectivity index (χ4n) is 3.77. The number of nitrogens with zero attached hydrogens (tertiary/aromatic N) is 3. The summed E-state index contributed by atoms with van der Waals surface area (Å²) in [6, 6.07) is 11.4. The Hall–Kier alpha value is -2.31. The fraction of sp³-hybridized carbons (Fsp3) is 0.455. The van der Waals surface area contributed by atoms with E-state index in [4.69, 9.17) is 16.3 Å². The molecule has 7 heteroatoms. The average Bonchev–Trinajstić information content (AvgIpc) is 3.14. The Morgan fingerprint density at radius 1 is 1.17 bits per heavy atom. The van der Waals surface area contributed by atoms with Gasteiger partial charge in [-0.15, -0.1) is 0 Å². The monoisotopic (exact) mass is 417 g/mol.